The number of nitrogens with zero attached hydrogens (tertiary/aromatic N) is 1. The Morgan fingerprint density at radius 2 is 0.786 bits per heavy atom. The molecule has 56 heavy (non-hydrogen) atoms. The van der Waals surface area contributed by atoms with E-state index in [0.29, 0.717) is 0 Å². The molecule has 1 nitrogen and oxygen atoms in total. The molecule has 0 aromatic heterocycles. The topological polar surface area (TPSA) is 3.24 Å². The molecule has 0 radical (unpaired) electrons. The predicted molar refractivity (Wildman–Crippen MR) is 238 cm³/mol. The van der Waals surface area contributed by atoms with E-state index in [1.165, 1.54) is 77.5 Å². The predicted octanol–water partition coefficient (Wildman–Crippen LogP) is 15.3. The summed E-state index contributed by atoms with van der Waals surface area (Å²) < 4.78 is 0. The summed E-state index contributed by atoms with van der Waals surface area (Å²) >= 11 is 0. The number of anilines is 3. The zero-order valence-electron chi connectivity index (χ0n) is 31.7. The maximum atomic E-state index is 2.44. The van der Waals surface area contributed by atoms with E-state index in [0.717, 1.165) is 17.1 Å². The van der Waals surface area contributed by atoms with Gasteiger partial charge in [0.2, 0.25) is 0 Å². The van der Waals surface area contributed by atoms with Crippen LogP contribution in [0.4, 0.5) is 17.1 Å². The molecule has 0 bridgehead atoms. The van der Waals surface area contributed by atoms with E-state index in [4.69, 9.17) is 0 Å². The molecule has 0 saturated carbocycles. The third kappa shape index (κ3) is 5.99. The van der Waals surface area contributed by atoms with Crippen molar-refractivity contribution in [1.82, 2.24) is 0 Å². The van der Waals surface area contributed by atoms with Gasteiger partial charge < -0.3 is 4.90 Å². The van der Waals surface area contributed by atoms with Gasteiger partial charge in [-0.3, -0.25) is 0 Å². The molecule has 1 aliphatic carbocycles. The third-order valence-electron chi connectivity index (χ3n) is 11.6. The molecule has 0 unspecified atom stereocenters. The van der Waals surface area contributed by atoms with E-state index < -0.39 is 0 Å². The minimum Gasteiger partial charge on any atom is -0.310 e. The molecular weight excluding hydrogens is 675 g/mol. The summed E-state index contributed by atoms with van der Waals surface area (Å²) in [6.07, 6.45) is 0. The Labute approximate surface area is 329 Å². The van der Waals surface area contributed by atoms with Crippen molar-refractivity contribution in [2.24, 2.45) is 0 Å². The van der Waals surface area contributed by atoms with Gasteiger partial charge in [0.25, 0.3) is 0 Å². The smallest absolute Gasteiger partial charge is 0.0473 e. The summed E-state index contributed by atoms with van der Waals surface area (Å²) in [6.45, 7) is 4.71. The van der Waals surface area contributed by atoms with E-state index >= 15 is 0 Å². The largest absolute Gasteiger partial charge is 0.310 e. The highest BCUT2D eigenvalue weighted by Crippen LogP contribution is 2.51. The Hall–Kier alpha value is -6.96. The molecule has 0 fully saturated rings. The molecule has 0 spiro atoms. The van der Waals surface area contributed by atoms with Crippen molar-refractivity contribution >= 4 is 27.8 Å². The first-order valence-electron chi connectivity index (χ1n) is 19.5. The fraction of sp³-hybridized carbons (Fsp3) is 0.0545. The summed E-state index contributed by atoms with van der Waals surface area (Å²) in [5, 5.41) is 2.51. The first-order chi connectivity index (χ1) is 27.5. The van der Waals surface area contributed by atoms with Crippen LogP contribution in [-0.4, -0.2) is 0 Å². The van der Waals surface area contributed by atoms with Crippen LogP contribution >= 0.6 is 0 Å². The van der Waals surface area contributed by atoms with Gasteiger partial charge in [0, 0.05) is 22.5 Å². The minimum absolute atomic E-state index is 0.116. The van der Waals surface area contributed by atoms with Crippen molar-refractivity contribution in [2.45, 2.75) is 19.3 Å². The second kappa shape index (κ2) is 13.7. The maximum Gasteiger partial charge on any atom is 0.0473 e. The SMILES string of the molecule is CC1(C)c2ccccc2-c2ccc(N(c3ccc(-c4cccc(-c5ccc6ccccc6c5)c4)cc3)c3cc(-c4ccccc4)cc(-c4ccccc4)c3)cc21. The van der Waals surface area contributed by atoms with Crippen LogP contribution in [0, 0.1) is 0 Å². The van der Waals surface area contributed by atoms with Gasteiger partial charge in [-0.1, -0.05) is 172 Å². The van der Waals surface area contributed by atoms with Gasteiger partial charge in [-0.2, -0.15) is 0 Å². The van der Waals surface area contributed by atoms with Gasteiger partial charge in [0.1, 0.15) is 0 Å². The number of fused-ring (bicyclic) bond motifs is 4. The van der Waals surface area contributed by atoms with Crippen LogP contribution < -0.4 is 4.90 Å². The lowest BCUT2D eigenvalue weighted by atomic mass is 9.82. The molecule has 0 saturated heterocycles. The summed E-state index contributed by atoms with van der Waals surface area (Å²) in [5.74, 6) is 0. The third-order valence-corrected chi connectivity index (χ3v) is 11.6. The van der Waals surface area contributed by atoms with E-state index in [2.05, 4.69) is 231 Å². The normalized spacial score (nSPS) is 12.6. The quantitative estimate of drug-likeness (QED) is 0.159. The Morgan fingerprint density at radius 3 is 1.50 bits per heavy atom. The molecular formula is C55H41N. The highest BCUT2D eigenvalue weighted by Gasteiger charge is 2.35. The molecule has 0 amide bonds. The average molecular weight is 716 g/mol. The van der Waals surface area contributed by atoms with Crippen LogP contribution in [0.5, 0.6) is 0 Å². The molecule has 0 atom stereocenters. The van der Waals surface area contributed by atoms with Gasteiger partial charge in [0.05, 0.1) is 0 Å². The van der Waals surface area contributed by atoms with Crippen LogP contribution in [-0.2, 0) is 5.41 Å². The molecule has 1 aliphatic rings. The van der Waals surface area contributed by atoms with E-state index in [9.17, 15) is 0 Å². The fourth-order valence-electron chi connectivity index (χ4n) is 8.66. The van der Waals surface area contributed by atoms with Crippen LogP contribution in [0.25, 0.3) is 66.4 Å². The second-order valence-electron chi connectivity index (χ2n) is 15.4. The zero-order valence-corrected chi connectivity index (χ0v) is 31.7. The van der Waals surface area contributed by atoms with Gasteiger partial charge in [-0.15, -0.1) is 0 Å². The van der Waals surface area contributed by atoms with Crippen molar-refractivity contribution in [3.8, 4) is 55.6 Å². The standard InChI is InChI=1S/C55H41N/c1-55(2)53-23-12-11-22-51(53)52-31-30-49(37-54(52)55)56(50-35-46(38-14-5-3-6-15-38)34-47(36-50)39-16-7-4-8-17-39)48-28-26-41(27-29-48)43-20-13-21-44(32-43)45-25-24-40-18-9-10-19-42(40)33-45/h3-37H,1-2H3. The van der Waals surface area contributed by atoms with Gasteiger partial charge in [-0.05, 0) is 132 Å². The Morgan fingerprint density at radius 1 is 0.286 bits per heavy atom. The van der Waals surface area contributed by atoms with Crippen LogP contribution in [0.15, 0.2) is 212 Å². The number of hydrogen-bond donors (Lipinski definition) is 0. The lowest BCUT2D eigenvalue weighted by Gasteiger charge is -2.29. The van der Waals surface area contributed by atoms with Gasteiger partial charge in [0.15, 0.2) is 0 Å². The monoisotopic (exact) mass is 715 g/mol. The van der Waals surface area contributed by atoms with Crippen LogP contribution in [0.3, 0.4) is 0 Å². The van der Waals surface area contributed by atoms with E-state index in [1.54, 1.807) is 0 Å². The van der Waals surface area contributed by atoms with Crippen molar-refractivity contribution in [1.29, 1.82) is 0 Å². The molecule has 10 rings (SSSR count). The number of benzene rings is 9. The lowest BCUT2D eigenvalue weighted by Crippen LogP contribution is -2.16. The average Bonchev–Trinajstić information content (AvgIpc) is 3.49. The molecule has 9 aromatic carbocycles. The highest BCUT2D eigenvalue weighted by molar-refractivity contribution is 5.90. The first-order valence-corrected chi connectivity index (χ1v) is 19.5. The van der Waals surface area contributed by atoms with Gasteiger partial charge >= 0.3 is 0 Å². The molecule has 266 valence electrons. The number of hydrogen-bond acceptors (Lipinski definition) is 1. The summed E-state index contributed by atoms with van der Waals surface area (Å²) in [5.41, 5.74) is 18.2. The maximum absolute atomic E-state index is 2.44. The molecule has 0 aliphatic heterocycles. The van der Waals surface area contributed by atoms with Crippen molar-refractivity contribution in [2.75, 3.05) is 4.90 Å². The molecule has 9 aromatic rings. The minimum atomic E-state index is -0.116. The molecule has 0 heterocycles. The van der Waals surface area contributed by atoms with Crippen LogP contribution in [0.2, 0.25) is 0 Å². The Bertz CT molecular complexity index is 2810. The van der Waals surface area contributed by atoms with E-state index in [1.807, 2.05) is 0 Å². The first kappa shape index (κ1) is 33.6. The Balaban J connectivity index is 1.11. The van der Waals surface area contributed by atoms with Crippen molar-refractivity contribution < 1.29 is 0 Å². The van der Waals surface area contributed by atoms with Gasteiger partial charge in [-0.25, -0.2) is 0 Å². The summed E-state index contributed by atoms with van der Waals surface area (Å²) in [6, 6.07) is 77.7. The number of rotatable bonds is 7. The van der Waals surface area contributed by atoms with E-state index in [-0.39, 0.29) is 5.41 Å². The summed E-state index contributed by atoms with van der Waals surface area (Å²) in [7, 11) is 0. The Kier molecular flexibility index (Phi) is 8.23. The van der Waals surface area contributed by atoms with Crippen molar-refractivity contribution in [3.63, 3.8) is 0 Å². The lowest BCUT2D eigenvalue weighted by molar-refractivity contribution is 0.660. The fourth-order valence-corrected chi connectivity index (χ4v) is 8.66. The van der Waals surface area contributed by atoms with Crippen molar-refractivity contribution in [3.05, 3.63) is 223 Å². The molecule has 1 heteroatoms. The van der Waals surface area contributed by atoms with Crippen LogP contribution in [0.1, 0.15) is 25.0 Å². The second-order valence-corrected chi connectivity index (χ2v) is 15.4. The summed E-state index contributed by atoms with van der Waals surface area (Å²) in [4.78, 5) is 2.44. The molecule has 0 N–H and O–H groups in total. The highest BCUT2D eigenvalue weighted by atomic mass is 15.1. The zero-order chi connectivity index (χ0) is 37.6.